The average Bonchev–Trinajstić information content (AvgIpc) is 3.13. The number of allylic oxidation sites excluding steroid dienone is 1. The van der Waals surface area contributed by atoms with Crippen LogP contribution in [0.5, 0.6) is 0 Å². The summed E-state index contributed by atoms with van der Waals surface area (Å²) in [5.41, 5.74) is 1.73. The summed E-state index contributed by atoms with van der Waals surface area (Å²) in [7, 11) is 0. The maximum Gasteiger partial charge on any atom is 0.0224 e. The number of hydrogen-bond acceptors (Lipinski definition) is 2. The molecule has 2 nitrogen and oxygen atoms in total. The second-order valence-corrected chi connectivity index (χ2v) is 6.41. The van der Waals surface area contributed by atoms with Gasteiger partial charge < -0.3 is 5.32 Å². The molecule has 1 aliphatic heterocycles. The van der Waals surface area contributed by atoms with E-state index in [1.54, 1.807) is 5.57 Å². The minimum absolute atomic E-state index is 0.780. The lowest BCUT2D eigenvalue weighted by molar-refractivity contribution is 0.120. The smallest absolute Gasteiger partial charge is 0.0224 e. The lowest BCUT2D eigenvalue weighted by Gasteiger charge is -2.40. The minimum Gasteiger partial charge on any atom is -0.311 e. The van der Waals surface area contributed by atoms with Gasteiger partial charge in [-0.25, -0.2) is 0 Å². The molecule has 3 rings (SSSR count). The maximum absolute atomic E-state index is 3.78. The highest BCUT2D eigenvalue weighted by molar-refractivity contribution is 5.08. The van der Waals surface area contributed by atoms with Crippen molar-refractivity contribution < 1.29 is 0 Å². The summed E-state index contributed by atoms with van der Waals surface area (Å²) < 4.78 is 0. The van der Waals surface area contributed by atoms with Crippen molar-refractivity contribution in [2.24, 2.45) is 5.92 Å². The Bertz CT molecular complexity index is 306. The maximum atomic E-state index is 3.78. The van der Waals surface area contributed by atoms with Crippen LogP contribution < -0.4 is 5.32 Å². The monoisotopic (exact) mass is 248 g/mol. The lowest BCUT2D eigenvalue weighted by atomic mass is 10.0. The minimum atomic E-state index is 0.780. The highest BCUT2D eigenvalue weighted by atomic mass is 15.2. The molecule has 0 aromatic carbocycles. The predicted octanol–water partition coefficient (Wildman–Crippen LogP) is 2.95. The molecule has 0 aromatic heterocycles. The first-order chi connectivity index (χ1) is 8.86. The summed E-state index contributed by atoms with van der Waals surface area (Å²) in [5, 5.41) is 3.78. The van der Waals surface area contributed by atoms with E-state index in [1.165, 1.54) is 64.6 Å². The molecule has 0 amide bonds. The summed E-state index contributed by atoms with van der Waals surface area (Å²) in [4.78, 5) is 2.78. The van der Waals surface area contributed by atoms with Crippen LogP contribution in [0, 0.1) is 5.92 Å². The van der Waals surface area contributed by atoms with Crippen LogP contribution in [-0.2, 0) is 0 Å². The molecule has 2 heteroatoms. The van der Waals surface area contributed by atoms with Gasteiger partial charge in [0.25, 0.3) is 0 Å². The lowest BCUT2D eigenvalue weighted by Crippen LogP contribution is -2.57. The van der Waals surface area contributed by atoms with Crippen molar-refractivity contribution in [1.82, 2.24) is 10.2 Å². The van der Waals surface area contributed by atoms with Gasteiger partial charge in [0.15, 0.2) is 0 Å². The fraction of sp³-hybridized carbons (Fsp3) is 0.875. The van der Waals surface area contributed by atoms with Gasteiger partial charge in [-0.3, -0.25) is 4.90 Å². The molecule has 0 spiro atoms. The van der Waals surface area contributed by atoms with Crippen molar-refractivity contribution in [2.45, 2.75) is 64.0 Å². The summed E-state index contributed by atoms with van der Waals surface area (Å²) in [5.74, 6) is 0.996. The third-order valence-electron chi connectivity index (χ3n) is 5.08. The predicted molar refractivity (Wildman–Crippen MR) is 76.7 cm³/mol. The number of piperazine rings is 1. The molecule has 2 atom stereocenters. The molecule has 0 bridgehead atoms. The van der Waals surface area contributed by atoms with E-state index in [9.17, 15) is 0 Å². The average molecular weight is 248 g/mol. The van der Waals surface area contributed by atoms with E-state index >= 15 is 0 Å². The molecule has 2 aliphatic carbocycles. The topological polar surface area (TPSA) is 15.3 Å². The third kappa shape index (κ3) is 2.97. The zero-order chi connectivity index (χ0) is 12.4. The number of hydrogen-bond donors (Lipinski definition) is 1. The van der Waals surface area contributed by atoms with Crippen LogP contribution in [0.25, 0.3) is 0 Å². The van der Waals surface area contributed by atoms with Gasteiger partial charge in [0.1, 0.15) is 0 Å². The van der Waals surface area contributed by atoms with E-state index in [0.717, 1.165) is 18.0 Å². The van der Waals surface area contributed by atoms with Crippen molar-refractivity contribution in [3.63, 3.8) is 0 Å². The van der Waals surface area contributed by atoms with E-state index < -0.39 is 0 Å². The van der Waals surface area contributed by atoms with Crippen LogP contribution in [0.15, 0.2) is 11.6 Å². The largest absolute Gasteiger partial charge is 0.311 e. The second-order valence-electron chi connectivity index (χ2n) is 6.41. The van der Waals surface area contributed by atoms with Crippen molar-refractivity contribution in [3.8, 4) is 0 Å². The Labute approximate surface area is 112 Å². The molecular weight excluding hydrogens is 220 g/mol. The molecular formula is C16H28N2. The Balaban J connectivity index is 1.52. The first kappa shape index (κ1) is 12.7. The van der Waals surface area contributed by atoms with Crippen LogP contribution in [0.1, 0.15) is 51.9 Å². The Kier molecular flexibility index (Phi) is 4.05. The van der Waals surface area contributed by atoms with Gasteiger partial charge in [-0.1, -0.05) is 18.6 Å². The fourth-order valence-electron chi connectivity index (χ4n) is 3.63. The SMILES string of the molecule is CCC1CNC(C2CC2)CN1CCC1=CCCC1. The zero-order valence-corrected chi connectivity index (χ0v) is 11.8. The zero-order valence-electron chi connectivity index (χ0n) is 11.8. The van der Waals surface area contributed by atoms with Crippen LogP contribution in [0.2, 0.25) is 0 Å². The molecule has 1 N–H and O–H groups in total. The van der Waals surface area contributed by atoms with Crippen molar-refractivity contribution in [1.29, 1.82) is 0 Å². The normalized spacial score (nSPS) is 33.7. The number of rotatable bonds is 5. The van der Waals surface area contributed by atoms with Gasteiger partial charge in [-0.2, -0.15) is 0 Å². The van der Waals surface area contributed by atoms with Crippen molar-refractivity contribution in [2.75, 3.05) is 19.6 Å². The summed E-state index contributed by atoms with van der Waals surface area (Å²) in [6.45, 7) is 6.16. The van der Waals surface area contributed by atoms with E-state index in [0.29, 0.717) is 0 Å². The Hall–Kier alpha value is -0.340. The quantitative estimate of drug-likeness (QED) is 0.753. The number of nitrogens with zero attached hydrogens (tertiary/aromatic N) is 1. The summed E-state index contributed by atoms with van der Waals surface area (Å²) >= 11 is 0. The van der Waals surface area contributed by atoms with Gasteiger partial charge >= 0.3 is 0 Å². The van der Waals surface area contributed by atoms with Gasteiger partial charge in [0.05, 0.1) is 0 Å². The second kappa shape index (κ2) is 5.75. The molecule has 2 unspecified atom stereocenters. The van der Waals surface area contributed by atoms with Crippen LogP contribution in [-0.4, -0.2) is 36.6 Å². The van der Waals surface area contributed by atoms with E-state index in [4.69, 9.17) is 0 Å². The van der Waals surface area contributed by atoms with Crippen LogP contribution in [0.3, 0.4) is 0 Å². The number of nitrogens with one attached hydrogen (secondary N) is 1. The van der Waals surface area contributed by atoms with Gasteiger partial charge in [-0.15, -0.1) is 0 Å². The van der Waals surface area contributed by atoms with Gasteiger partial charge in [-0.05, 0) is 50.9 Å². The van der Waals surface area contributed by atoms with Crippen molar-refractivity contribution in [3.05, 3.63) is 11.6 Å². The summed E-state index contributed by atoms with van der Waals surface area (Å²) in [6, 6.07) is 1.58. The van der Waals surface area contributed by atoms with Gasteiger partial charge in [0, 0.05) is 31.7 Å². The molecule has 0 aromatic rings. The fourth-order valence-corrected chi connectivity index (χ4v) is 3.63. The Morgan fingerprint density at radius 1 is 1.39 bits per heavy atom. The molecule has 18 heavy (non-hydrogen) atoms. The molecule has 102 valence electrons. The van der Waals surface area contributed by atoms with Gasteiger partial charge in [0.2, 0.25) is 0 Å². The van der Waals surface area contributed by atoms with Crippen LogP contribution >= 0.6 is 0 Å². The summed E-state index contributed by atoms with van der Waals surface area (Å²) in [6.07, 6.45) is 12.1. The molecule has 1 saturated heterocycles. The van der Waals surface area contributed by atoms with Crippen molar-refractivity contribution >= 4 is 0 Å². The molecule has 1 saturated carbocycles. The van der Waals surface area contributed by atoms with E-state index in [1.807, 2.05) is 0 Å². The molecule has 3 aliphatic rings. The highest BCUT2D eigenvalue weighted by Gasteiger charge is 2.36. The van der Waals surface area contributed by atoms with Crippen LogP contribution in [0.4, 0.5) is 0 Å². The van der Waals surface area contributed by atoms with E-state index in [-0.39, 0.29) is 0 Å². The highest BCUT2D eigenvalue weighted by Crippen LogP contribution is 2.34. The molecule has 1 heterocycles. The molecule has 0 radical (unpaired) electrons. The first-order valence-corrected chi connectivity index (χ1v) is 8.02. The Morgan fingerprint density at radius 2 is 2.28 bits per heavy atom. The first-order valence-electron chi connectivity index (χ1n) is 8.02. The molecule has 2 fully saturated rings. The van der Waals surface area contributed by atoms with E-state index in [2.05, 4.69) is 23.2 Å². The standard InChI is InChI=1S/C16H28N2/c1-2-15-11-17-16(14-7-8-14)12-18(15)10-9-13-5-3-4-6-13/h5,14-17H,2-4,6-12H2,1H3. The third-order valence-corrected chi connectivity index (χ3v) is 5.08. The Morgan fingerprint density at radius 3 is 2.94 bits per heavy atom.